The number of hydrogen-bond acceptors (Lipinski definition) is 2. The summed E-state index contributed by atoms with van der Waals surface area (Å²) in [6.07, 6.45) is 4.08. The van der Waals surface area contributed by atoms with Crippen molar-refractivity contribution in [3.05, 3.63) is 60.6 Å². The molecule has 0 aliphatic heterocycles. The Morgan fingerprint density at radius 1 is 0.923 bits per heavy atom. The van der Waals surface area contributed by atoms with Crippen molar-refractivity contribution in [2.75, 3.05) is 0 Å². The normalized spacial score (nSPS) is 8.31. The standard InChI is InChI=1S/C7H6O.C4H4O/c8-6-7-4-2-1-3-5-7;1-2-4-5-3-1/h1-6H;1-4H. The Morgan fingerprint density at radius 3 is 1.85 bits per heavy atom. The Bertz CT molecular complexity index is 294. The molecule has 0 saturated carbocycles. The molecule has 0 N–H and O–H groups in total. The van der Waals surface area contributed by atoms with E-state index in [1.807, 2.05) is 30.3 Å². The van der Waals surface area contributed by atoms with Gasteiger partial charge in [0.25, 0.3) is 0 Å². The van der Waals surface area contributed by atoms with Crippen LogP contribution in [-0.2, 0) is 0 Å². The first-order chi connectivity index (χ1) is 6.43. The van der Waals surface area contributed by atoms with Gasteiger partial charge in [0.15, 0.2) is 0 Å². The largest absolute Gasteiger partial charge is 0.473 e. The molecule has 0 amide bonds. The number of rotatable bonds is 1. The average Bonchev–Trinajstić information content (AvgIpc) is 2.77. The lowest BCUT2D eigenvalue weighted by Gasteiger charge is -1.81. The molecule has 1 heterocycles. The monoisotopic (exact) mass is 174 g/mol. The Hall–Kier alpha value is -1.83. The number of benzene rings is 1. The number of aldehydes is 1. The Kier molecular flexibility index (Phi) is 4.11. The fourth-order valence-electron chi connectivity index (χ4n) is 0.758. The van der Waals surface area contributed by atoms with Gasteiger partial charge in [-0.3, -0.25) is 4.79 Å². The first kappa shape index (κ1) is 9.26. The van der Waals surface area contributed by atoms with E-state index in [-0.39, 0.29) is 0 Å². The minimum Gasteiger partial charge on any atom is -0.473 e. The van der Waals surface area contributed by atoms with Crippen LogP contribution in [0.3, 0.4) is 0 Å². The van der Waals surface area contributed by atoms with E-state index in [9.17, 15) is 4.79 Å². The summed E-state index contributed by atoms with van der Waals surface area (Å²) in [5, 5.41) is 0. The van der Waals surface area contributed by atoms with Crippen LogP contribution in [0.15, 0.2) is 59.4 Å². The van der Waals surface area contributed by atoms with Crippen molar-refractivity contribution in [3.63, 3.8) is 0 Å². The van der Waals surface area contributed by atoms with Crippen molar-refractivity contribution in [1.29, 1.82) is 0 Å². The van der Waals surface area contributed by atoms with Crippen LogP contribution in [0.2, 0.25) is 0 Å². The second-order valence-electron chi connectivity index (χ2n) is 2.32. The van der Waals surface area contributed by atoms with E-state index in [0.717, 1.165) is 11.8 Å². The van der Waals surface area contributed by atoms with Gasteiger partial charge < -0.3 is 4.42 Å². The van der Waals surface area contributed by atoms with E-state index in [1.165, 1.54) is 0 Å². The van der Waals surface area contributed by atoms with Gasteiger partial charge in [0.1, 0.15) is 6.29 Å². The molecule has 0 bridgehead atoms. The SMILES string of the molecule is O=Cc1ccccc1.c1ccoc1. The molecule has 0 aliphatic rings. The maximum absolute atomic E-state index is 10.0. The van der Waals surface area contributed by atoms with Crippen LogP contribution in [0.5, 0.6) is 0 Å². The van der Waals surface area contributed by atoms with Crippen LogP contribution in [-0.4, -0.2) is 6.29 Å². The summed E-state index contributed by atoms with van der Waals surface area (Å²) in [5.41, 5.74) is 0.729. The fourth-order valence-corrected chi connectivity index (χ4v) is 0.758. The van der Waals surface area contributed by atoms with Crippen molar-refractivity contribution in [2.45, 2.75) is 0 Å². The van der Waals surface area contributed by atoms with Crippen LogP contribution < -0.4 is 0 Å². The van der Waals surface area contributed by atoms with E-state index < -0.39 is 0 Å². The molecule has 0 unspecified atom stereocenters. The number of hydrogen-bond donors (Lipinski definition) is 0. The Balaban J connectivity index is 0.000000145. The third kappa shape index (κ3) is 3.91. The molecule has 0 aliphatic carbocycles. The molecule has 0 spiro atoms. The van der Waals surface area contributed by atoms with Gasteiger partial charge in [-0.25, -0.2) is 0 Å². The van der Waals surface area contributed by atoms with Gasteiger partial charge in [-0.15, -0.1) is 0 Å². The summed E-state index contributed by atoms with van der Waals surface area (Å²) in [6.45, 7) is 0. The molecular weight excluding hydrogens is 164 g/mol. The van der Waals surface area contributed by atoms with E-state index in [1.54, 1.807) is 24.7 Å². The first-order valence-electron chi connectivity index (χ1n) is 3.91. The van der Waals surface area contributed by atoms with Gasteiger partial charge in [-0.05, 0) is 12.1 Å². The molecule has 2 aromatic rings. The zero-order valence-electron chi connectivity index (χ0n) is 7.09. The van der Waals surface area contributed by atoms with Crippen molar-refractivity contribution >= 4 is 6.29 Å². The van der Waals surface area contributed by atoms with Gasteiger partial charge in [-0.1, -0.05) is 30.3 Å². The highest BCUT2D eigenvalue weighted by Gasteiger charge is 1.79. The quantitative estimate of drug-likeness (QED) is 0.622. The smallest absolute Gasteiger partial charge is 0.150 e. The van der Waals surface area contributed by atoms with Crippen molar-refractivity contribution in [2.24, 2.45) is 0 Å². The lowest BCUT2D eigenvalue weighted by molar-refractivity contribution is 0.112. The molecular formula is C11H10O2. The summed E-state index contributed by atoms with van der Waals surface area (Å²) >= 11 is 0. The average molecular weight is 174 g/mol. The van der Waals surface area contributed by atoms with Crippen molar-refractivity contribution in [3.8, 4) is 0 Å². The van der Waals surface area contributed by atoms with Crippen LogP contribution in [0, 0.1) is 0 Å². The van der Waals surface area contributed by atoms with Crippen LogP contribution in [0.4, 0.5) is 0 Å². The highest BCUT2D eigenvalue weighted by Crippen LogP contribution is 1.91. The number of furan rings is 1. The highest BCUT2D eigenvalue weighted by molar-refractivity contribution is 5.74. The van der Waals surface area contributed by atoms with Crippen molar-refractivity contribution < 1.29 is 9.21 Å². The predicted octanol–water partition coefficient (Wildman–Crippen LogP) is 2.78. The number of carbonyl (C=O) groups is 1. The molecule has 0 fully saturated rings. The molecule has 13 heavy (non-hydrogen) atoms. The minimum atomic E-state index is 0.729. The van der Waals surface area contributed by atoms with Crippen LogP contribution >= 0.6 is 0 Å². The maximum Gasteiger partial charge on any atom is 0.150 e. The molecule has 0 saturated heterocycles. The maximum atomic E-state index is 10.0. The van der Waals surface area contributed by atoms with Crippen LogP contribution in [0.25, 0.3) is 0 Å². The van der Waals surface area contributed by atoms with E-state index >= 15 is 0 Å². The van der Waals surface area contributed by atoms with E-state index in [0.29, 0.717) is 0 Å². The minimum absolute atomic E-state index is 0.729. The van der Waals surface area contributed by atoms with Crippen LogP contribution in [0.1, 0.15) is 10.4 Å². The van der Waals surface area contributed by atoms with E-state index in [4.69, 9.17) is 0 Å². The zero-order chi connectivity index (χ0) is 9.36. The number of carbonyl (C=O) groups excluding carboxylic acids is 1. The summed E-state index contributed by atoms with van der Waals surface area (Å²) in [5.74, 6) is 0. The van der Waals surface area contributed by atoms with E-state index in [2.05, 4.69) is 4.42 Å². The second kappa shape index (κ2) is 5.77. The summed E-state index contributed by atoms with van der Waals surface area (Å²) in [6, 6.07) is 12.8. The molecule has 2 rings (SSSR count). The summed E-state index contributed by atoms with van der Waals surface area (Å²) in [7, 11) is 0. The summed E-state index contributed by atoms with van der Waals surface area (Å²) < 4.78 is 4.58. The lowest BCUT2D eigenvalue weighted by atomic mass is 10.2. The molecule has 66 valence electrons. The van der Waals surface area contributed by atoms with Gasteiger partial charge in [0.2, 0.25) is 0 Å². The molecule has 0 radical (unpaired) electrons. The molecule has 2 nitrogen and oxygen atoms in total. The third-order valence-electron chi connectivity index (χ3n) is 1.36. The zero-order valence-corrected chi connectivity index (χ0v) is 7.09. The lowest BCUT2D eigenvalue weighted by Crippen LogP contribution is -1.73. The van der Waals surface area contributed by atoms with Gasteiger partial charge in [0.05, 0.1) is 12.5 Å². The van der Waals surface area contributed by atoms with Gasteiger partial charge in [0, 0.05) is 5.56 Å². The topological polar surface area (TPSA) is 30.2 Å². The molecule has 1 aromatic heterocycles. The van der Waals surface area contributed by atoms with Gasteiger partial charge in [-0.2, -0.15) is 0 Å². The predicted molar refractivity (Wildman–Crippen MR) is 50.5 cm³/mol. The third-order valence-corrected chi connectivity index (χ3v) is 1.36. The highest BCUT2D eigenvalue weighted by atomic mass is 16.3. The molecule has 1 aromatic carbocycles. The molecule has 0 atom stereocenters. The molecule has 2 heteroatoms. The summed E-state index contributed by atoms with van der Waals surface area (Å²) in [4.78, 5) is 10.0. The second-order valence-corrected chi connectivity index (χ2v) is 2.32. The Labute approximate surface area is 76.8 Å². The van der Waals surface area contributed by atoms with Gasteiger partial charge >= 0.3 is 0 Å². The van der Waals surface area contributed by atoms with Crippen molar-refractivity contribution in [1.82, 2.24) is 0 Å². The fraction of sp³-hybridized carbons (Fsp3) is 0. The first-order valence-corrected chi connectivity index (χ1v) is 3.91. The Morgan fingerprint density at radius 2 is 1.54 bits per heavy atom.